The highest BCUT2D eigenvalue weighted by atomic mass is 16.3. The highest BCUT2D eigenvalue weighted by Gasteiger charge is 2.15. The molecule has 90 valence electrons. The van der Waals surface area contributed by atoms with Gasteiger partial charge in [-0.25, -0.2) is 0 Å². The molecular weight excluding hydrogens is 188 g/mol. The third kappa shape index (κ3) is 6.13. The molecule has 1 aliphatic heterocycles. The van der Waals surface area contributed by atoms with Crippen LogP contribution >= 0.6 is 0 Å². The van der Waals surface area contributed by atoms with Crippen LogP contribution in [0.1, 0.15) is 33.1 Å². The third-order valence-electron chi connectivity index (χ3n) is 3.10. The number of rotatable bonds is 6. The second-order valence-corrected chi connectivity index (χ2v) is 5.41. The van der Waals surface area contributed by atoms with Crippen molar-refractivity contribution < 1.29 is 5.11 Å². The zero-order valence-corrected chi connectivity index (χ0v) is 10.5. The average molecular weight is 214 g/mol. The predicted octanol–water partition coefficient (Wildman–Crippen LogP) is 1.17. The van der Waals surface area contributed by atoms with Gasteiger partial charge in [0.05, 0.1) is 5.60 Å². The quantitative estimate of drug-likeness (QED) is 0.719. The summed E-state index contributed by atoms with van der Waals surface area (Å²) in [7, 11) is 2.14. The fourth-order valence-electron chi connectivity index (χ4n) is 1.89. The molecule has 0 unspecified atom stereocenters. The molecule has 1 rings (SSSR count). The van der Waals surface area contributed by atoms with Gasteiger partial charge in [-0.3, -0.25) is 0 Å². The summed E-state index contributed by atoms with van der Waals surface area (Å²) in [5, 5.41) is 9.61. The molecule has 1 heterocycles. The molecule has 0 bridgehead atoms. The zero-order valence-electron chi connectivity index (χ0n) is 10.5. The van der Waals surface area contributed by atoms with Crippen LogP contribution in [0.2, 0.25) is 0 Å². The molecule has 1 saturated heterocycles. The number of likely N-dealkylation sites (N-methyl/N-ethyl adjacent to an activating group) is 1. The predicted molar refractivity (Wildman–Crippen MR) is 64.1 cm³/mol. The van der Waals surface area contributed by atoms with Crippen LogP contribution in [0.5, 0.6) is 0 Å². The van der Waals surface area contributed by atoms with Gasteiger partial charge in [0.15, 0.2) is 0 Å². The molecule has 3 nitrogen and oxygen atoms in total. The first-order valence-electron chi connectivity index (χ1n) is 6.11. The lowest BCUT2D eigenvalue weighted by Gasteiger charge is -2.24. The molecule has 0 radical (unpaired) electrons. The minimum atomic E-state index is -0.526. The lowest BCUT2D eigenvalue weighted by atomic mass is 10.1. The largest absolute Gasteiger partial charge is 0.390 e. The van der Waals surface area contributed by atoms with E-state index < -0.39 is 5.60 Å². The Kier molecular flexibility index (Phi) is 5.03. The lowest BCUT2D eigenvalue weighted by Crippen LogP contribution is -2.34. The minimum absolute atomic E-state index is 0.526. The Morgan fingerprint density at radius 3 is 2.33 bits per heavy atom. The molecule has 0 aromatic rings. The number of likely N-dealkylation sites (tertiary alicyclic amines) is 1. The van der Waals surface area contributed by atoms with Crippen molar-refractivity contribution in [2.75, 3.05) is 39.8 Å². The van der Waals surface area contributed by atoms with Crippen LogP contribution in [0, 0.1) is 0 Å². The Hall–Kier alpha value is -0.120. The van der Waals surface area contributed by atoms with Crippen LogP contribution in [-0.2, 0) is 0 Å². The van der Waals surface area contributed by atoms with E-state index in [0.717, 1.165) is 19.5 Å². The maximum atomic E-state index is 9.61. The molecule has 0 aliphatic carbocycles. The second kappa shape index (κ2) is 5.83. The van der Waals surface area contributed by atoms with Crippen molar-refractivity contribution in [3.05, 3.63) is 0 Å². The Labute approximate surface area is 94.1 Å². The fourth-order valence-corrected chi connectivity index (χ4v) is 1.89. The summed E-state index contributed by atoms with van der Waals surface area (Å²) in [6.07, 6.45) is 3.59. The van der Waals surface area contributed by atoms with Crippen LogP contribution in [-0.4, -0.2) is 60.3 Å². The van der Waals surface area contributed by atoms with Gasteiger partial charge in [-0.1, -0.05) is 0 Å². The van der Waals surface area contributed by atoms with E-state index in [1.807, 2.05) is 13.8 Å². The molecule has 0 aromatic heterocycles. The smallest absolute Gasteiger partial charge is 0.0603 e. The summed E-state index contributed by atoms with van der Waals surface area (Å²) in [6.45, 7) is 9.59. The molecule has 0 atom stereocenters. The second-order valence-electron chi connectivity index (χ2n) is 5.41. The number of nitrogens with zero attached hydrogens (tertiary/aromatic N) is 2. The summed E-state index contributed by atoms with van der Waals surface area (Å²) < 4.78 is 0. The van der Waals surface area contributed by atoms with Crippen molar-refractivity contribution in [3.63, 3.8) is 0 Å². The van der Waals surface area contributed by atoms with E-state index in [4.69, 9.17) is 0 Å². The molecule has 1 N–H and O–H groups in total. The highest BCUT2D eigenvalue weighted by molar-refractivity contribution is 4.70. The highest BCUT2D eigenvalue weighted by Crippen LogP contribution is 2.09. The number of aliphatic hydroxyl groups is 1. The van der Waals surface area contributed by atoms with Crippen molar-refractivity contribution >= 4 is 0 Å². The van der Waals surface area contributed by atoms with Gasteiger partial charge in [0, 0.05) is 19.6 Å². The third-order valence-corrected chi connectivity index (χ3v) is 3.10. The van der Waals surface area contributed by atoms with E-state index in [2.05, 4.69) is 16.8 Å². The van der Waals surface area contributed by atoms with Gasteiger partial charge >= 0.3 is 0 Å². The molecule has 3 heteroatoms. The molecule has 0 aromatic carbocycles. The van der Waals surface area contributed by atoms with Crippen LogP contribution in [0.15, 0.2) is 0 Å². The van der Waals surface area contributed by atoms with Gasteiger partial charge < -0.3 is 14.9 Å². The minimum Gasteiger partial charge on any atom is -0.390 e. The Morgan fingerprint density at radius 1 is 1.20 bits per heavy atom. The SMILES string of the molecule is CN(CCN1CCCC1)CCC(C)(C)O. The topological polar surface area (TPSA) is 26.7 Å². The summed E-state index contributed by atoms with van der Waals surface area (Å²) in [5.41, 5.74) is -0.526. The number of hydrogen-bond acceptors (Lipinski definition) is 3. The van der Waals surface area contributed by atoms with Gasteiger partial charge in [-0.15, -0.1) is 0 Å². The molecule has 0 amide bonds. The Bertz CT molecular complexity index is 171. The van der Waals surface area contributed by atoms with Crippen LogP contribution in [0.4, 0.5) is 0 Å². The van der Waals surface area contributed by atoms with Gasteiger partial charge in [-0.2, -0.15) is 0 Å². The summed E-state index contributed by atoms with van der Waals surface area (Å²) in [4.78, 5) is 4.84. The first-order valence-corrected chi connectivity index (χ1v) is 6.11. The van der Waals surface area contributed by atoms with Crippen molar-refractivity contribution in [1.29, 1.82) is 0 Å². The van der Waals surface area contributed by atoms with Gasteiger partial charge in [0.25, 0.3) is 0 Å². The Morgan fingerprint density at radius 2 is 1.80 bits per heavy atom. The standard InChI is InChI=1S/C12H26N2O/c1-12(2,15)6-9-13(3)10-11-14-7-4-5-8-14/h15H,4-11H2,1-3H3. The van der Waals surface area contributed by atoms with E-state index >= 15 is 0 Å². The van der Waals surface area contributed by atoms with E-state index in [1.54, 1.807) is 0 Å². The monoisotopic (exact) mass is 214 g/mol. The molecule has 1 aliphatic rings. The molecule has 1 fully saturated rings. The maximum Gasteiger partial charge on any atom is 0.0603 e. The lowest BCUT2D eigenvalue weighted by molar-refractivity contribution is 0.0599. The van der Waals surface area contributed by atoms with Crippen molar-refractivity contribution in [1.82, 2.24) is 9.80 Å². The van der Waals surface area contributed by atoms with E-state index in [9.17, 15) is 5.11 Å². The summed E-state index contributed by atoms with van der Waals surface area (Å²) in [6, 6.07) is 0. The van der Waals surface area contributed by atoms with Gasteiger partial charge in [-0.05, 0) is 53.2 Å². The maximum absolute atomic E-state index is 9.61. The van der Waals surface area contributed by atoms with Crippen molar-refractivity contribution in [3.8, 4) is 0 Å². The first kappa shape index (κ1) is 12.9. The summed E-state index contributed by atoms with van der Waals surface area (Å²) >= 11 is 0. The van der Waals surface area contributed by atoms with Crippen LogP contribution in [0.3, 0.4) is 0 Å². The molecular formula is C12H26N2O. The summed E-state index contributed by atoms with van der Waals surface area (Å²) in [5.74, 6) is 0. The van der Waals surface area contributed by atoms with Gasteiger partial charge in [0.2, 0.25) is 0 Å². The average Bonchev–Trinajstić information content (AvgIpc) is 2.62. The molecule has 15 heavy (non-hydrogen) atoms. The van der Waals surface area contributed by atoms with Crippen LogP contribution < -0.4 is 0 Å². The fraction of sp³-hybridized carbons (Fsp3) is 1.00. The Balaban J connectivity index is 2.05. The molecule has 0 saturated carbocycles. The number of hydrogen-bond donors (Lipinski definition) is 1. The van der Waals surface area contributed by atoms with E-state index in [0.29, 0.717) is 0 Å². The first-order chi connectivity index (χ1) is 6.97. The van der Waals surface area contributed by atoms with Crippen molar-refractivity contribution in [2.45, 2.75) is 38.7 Å². The van der Waals surface area contributed by atoms with E-state index in [-0.39, 0.29) is 0 Å². The van der Waals surface area contributed by atoms with Crippen molar-refractivity contribution in [2.24, 2.45) is 0 Å². The van der Waals surface area contributed by atoms with E-state index in [1.165, 1.54) is 32.5 Å². The normalized spacial score (nSPS) is 19.0. The zero-order chi connectivity index (χ0) is 11.3. The van der Waals surface area contributed by atoms with Crippen LogP contribution in [0.25, 0.3) is 0 Å². The molecule has 0 spiro atoms. The van der Waals surface area contributed by atoms with Gasteiger partial charge in [0.1, 0.15) is 0 Å².